The maximum Gasteiger partial charge on any atom is 0.338 e. The summed E-state index contributed by atoms with van der Waals surface area (Å²) in [6.45, 7) is 1.19. The fourth-order valence-electron chi connectivity index (χ4n) is 3.68. The van der Waals surface area contributed by atoms with Crippen molar-refractivity contribution in [2.75, 3.05) is 16.6 Å². The number of hydrogen-bond acceptors (Lipinski definition) is 8. The number of imidazole rings is 1. The lowest BCUT2D eigenvalue weighted by Gasteiger charge is -2.09. The van der Waals surface area contributed by atoms with Crippen molar-refractivity contribution in [1.29, 1.82) is 0 Å². The van der Waals surface area contributed by atoms with Crippen LogP contribution in [-0.4, -0.2) is 46.8 Å². The van der Waals surface area contributed by atoms with E-state index in [0.717, 1.165) is 5.56 Å². The minimum absolute atomic E-state index is 0.0401. The Balaban J connectivity index is 1.17. The predicted molar refractivity (Wildman–Crippen MR) is 144 cm³/mol. The highest BCUT2D eigenvalue weighted by Crippen LogP contribution is 2.21. The van der Waals surface area contributed by atoms with Gasteiger partial charge in [-0.25, -0.2) is 32.9 Å². The molecule has 0 unspecified atom stereocenters. The molecule has 2 aromatic heterocycles. The van der Waals surface area contributed by atoms with E-state index in [0.29, 0.717) is 28.2 Å². The Kier molecular flexibility index (Phi) is 7.02. The molecule has 11 nitrogen and oxygen atoms in total. The molecule has 196 valence electrons. The number of aromatic nitrogens is 4. The molecule has 3 N–H and O–H groups in total. The number of nitrogens with zero attached hydrogens (tertiary/aromatic N) is 3. The number of rotatable bonds is 8. The van der Waals surface area contributed by atoms with E-state index in [2.05, 4.69) is 30.0 Å². The van der Waals surface area contributed by atoms with Crippen LogP contribution in [0.25, 0.3) is 22.4 Å². The van der Waals surface area contributed by atoms with E-state index < -0.39 is 28.5 Å². The molecular weight excluding hydrogens is 520 g/mol. The predicted octanol–water partition coefficient (Wildman–Crippen LogP) is 3.92. The summed E-state index contributed by atoms with van der Waals surface area (Å²) in [6.07, 6.45) is 1.45. The molecular formula is C27H22N6O5S. The van der Waals surface area contributed by atoms with Crippen LogP contribution < -0.4 is 10.0 Å². The molecule has 12 heteroatoms. The third-order valence-corrected chi connectivity index (χ3v) is 6.91. The van der Waals surface area contributed by atoms with Crippen LogP contribution >= 0.6 is 0 Å². The minimum Gasteiger partial charge on any atom is -0.452 e. The molecule has 0 radical (unpaired) electrons. The summed E-state index contributed by atoms with van der Waals surface area (Å²) in [4.78, 5) is 40.4. The fourth-order valence-corrected chi connectivity index (χ4v) is 4.63. The van der Waals surface area contributed by atoms with E-state index in [9.17, 15) is 18.0 Å². The number of benzene rings is 3. The first-order valence-corrected chi connectivity index (χ1v) is 13.2. The number of fused-ring (bicyclic) bond motifs is 1. The summed E-state index contributed by atoms with van der Waals surface area (Å²) < 4.78 is 32.6. The van der Waals surface area contributed by atoms with Gasteiger partial charge in [-0.3, -0.25) is 4.79 Å². The zero-order valence-corrected chi connectivity index (χ0v) is 21.4. The Morgan fingerprint density at radius 2 is 1.72 bits per heavy atom. The molecule has 0 aliphatic carbocycles. The maximum atomic E-state index is 12.6. The number of esters is 1. The number of aryl methyl sites for hydroxylation is 1. The lowest BCUT2D eigenvalue weighted by molar-refractivity contribution is -0.119. The Morgan fingerprint density at radius 1 is 0.949 bits per heavy atom. The van der Waals surface area contributed by atoms with Gasteiger partial charge in [-0.15, -0.1) is 0 Å². The molecule has 0 saturated heterocycles. The SMILES string of the molecule is Cc1ccnc(NS(=O)(=O)c2ccc(NC(=O)COC(=O)c3ccc4nc(-c5ccccc5)[nH]c4c3)cc2)n1. The smallest absolute Gasteiger partial charge is 0.338 e. The van der Waals surface area contributed by atoms with E-state index in [1.807, 2.05) is 30.3 Å². The quantitative estimate of drug-likeness (QED) is 0.249. The first-order valence-electron chi connectivity index (χ1n) is 11.7. The number of carbonyl (C=O) groups excluding carboxylic acids is 2. The van der Waals surface area contributed by atoms with Crippen LogP contribution in [0.4, 0.5) is 11.6 Å². The molecule has 0 spiro atoms. The Labute approximate surface area is 223 Å². The first kappa shape index (κ1) is 25.5. The Bertz CT molecular complexity index is 1770. The van der Waals surface area contributed by atoms with Gasteiger partial charge in [0.15, 0.2) is 6.61 Å². The average molecular weight is 543 g/mol. The van der Waals surface area contributed by atoms with E-state index >= 15 is 0 Å². The lowest BCUT2D eigenvalue weighted by atomic mass is 10.2. The summed E-state index contributed by atoms with van der Waals surface area (Å²) in [5, 5.41) is 2.56. The monoisotopic (exact) mass is 542 g/mol. The number of anilines is 2. The van der Waals surface area contributed by atoms with Gasteiger partial charge in [0.25, 0.3) is 15.9 Å². The normalized spacial score (nSPS) is 11.2. The minimum atomic E-state index is -3.92. The highest BCUT2D eigenvalue weighted by Gasteiger charge is 2.17. The van der Waals surface area contributed by atoms with E-state index in [-0.39, 0.29) is 16.4 Å². The third kappa shape index (κ3) is 6.08. The van der Waals surface area contributed by atoms with Gasteiger partial charge in [0, 0.05) is 23.1 Å². The molecule has 5 rings (SSSR count). The largest absolute Gasteiger partial charge is 0.452 e. The molecule has 3 aromatic carbocycles. The number of amides is 1. The summed E-state index contributed by atoms with van der Waals surface area (Å²) in [7, 11) is -3.92. The standard InChI is InChI=1S/C27H22N6O5S/c1-17-13-14-28-27(29-17)33-39(36,37)21-10-8-20(9-11-21)30-24(34)16-38-26(35)19-7-12-22-23(15-19)32-25(31-22)18-5-3-2-4-6-18/h2-15H,16H2,1H3,(H,30,34)(H,31,32)(H,28,29,33). The molecule has 5 aromatic rings. The van der Waals surface area contributed by atoms with Crippen LogP contribution in [0.5, 0.6) is 0 Å². The third-order valence-electron chi connectivity index (χ3n) is 5.57. The number of H-pyrrole nitrogens is 1. The highest BCUT2D eigenvalue weighted by atomic mass is 32.2. The van der Waals surface area contributed by atoms with Gasteiger partial charge in [-0.2, -0.15) is 0 Å². The molecule has 0 atom stereocenters. The van der Waals surface area contributed by atoms with Crippen LogP contribution in [0.1, 0.15) is 16.1 Å². The van der Waals surface area contributed by atoms with Crippen LogP contribution in [0.3, 0.4) is 0 Å². The molecule has 0 fully saturated rings. The molecule has 2 heterocycles. The van der Waals surface area contributed by atoms with Crippen LogP contribution in [-0.2, 0) is 19.6 Å². The van der Waals surface area contributed by atoms with Crippen LogP contribution in [0, 0.1) is 6.92 Å². The summed E-state index contributed by atoms with van der Waals surface area (Å²) in [5.41, 5.74) is 3.46. The highest BCUT2D eigenvalue weighted by molar-refractivity contribution is 7.92. The molecule has 1 amide bonds. The van der Waals surface area contributed by atoms with Crippen molar-refractivity contribution in [1.82, 2.24) is 19.9 Å². The second kappa shape index (κ2) is 10.7. The molecule has 39 heavy (non-hydrogen) atoms. The van der Waals surface area contributed by atoms with Gasteiger partial charge in [0.2, 0.25) is 5.95 Å². The number of nitrogens with one attached hydrogen (secondary N) is 3. The molecule has 0 bridgehead atoms. The zero-order chi connectivity index (χ0) is 27.4. The maximum absolute atomic E-state index is 12.6. The number of ether oxygens (including phenoxy) is 1. The number of hydrogen-bond donors (Lipinski definition) is 3. The van der Waals surface area contributed by atoms with Crippen molar-refractivity contribution in [3.8, 4) is 11.4 Å². The second-order valence-corrected chi connectivity index (χ2v) is 10.1. The summed E-state index contributed by atoms with van der Waals surface area (Å²) in [5.74, 6) is -0.626. The van der Waals surface area contributed by atoms with Crippen molar-refractivity contribution in [3.05, 3.63) is 96.3 Å². The molecule has 0 aliphatic heterocycles. The van der Waals surface area contributed by atoms with Gasteiger partial charge < -0.3 is 15.0 Å². The Hall–Kier alpha value is -5.10. The molecule has 0 aliphatic rings. The zero-order valence-electron chi connectivity index (χ0n) is 20.6. The van der Waals surface area contributed by atoms with E-state index in [4.69, 9.17) is 4.74 Å². The van der Waals surface area contributed by atoms with Crippen molar-refractivity contribution >= 4 is 44.6 Å². The fraction of sp³-hybridized carbons (Fsp3) is 0.0741. The van der Waals surface area contributed by atoms with Gasteiger partial charge >= 0.3 is 5.97 Å². The van der Waals surface area contributed by atoms with Gasteiger partial charge in [-0.05, 0) is 55.5 Å². The van der Waals surface area contributed by atoms with Crippen molar-refractivity contribution in [2.24, 2.45) is 0 Å². The van der Waals surface area contributed by atoms with Crippen molar-refractivity contribution < 1.29 is 22.7 Å². The summed E-state index contributed by atoms with van der Waals surface area (Å²) in [6, 6.07) is 21.6. The van der Waals surface area contributed by atoms with Gasteiger partial charge in [0.1, 0.15) is 5.82 Å². The second-order valence-electron chi connectivity index (χ2n) is 8.46. The average Bonchev–Trinajstić information content (AvgIpc) is 3.36. The van der Waals surface area contributed by atoms with E-state index in [1.54, 1.807) is 31.2 Å². The van der Waals surface area contributed by atoms with Crippen molar-refractivity contribution in [2.45, 2.75) is 11.8 Å². The Morgan fingerprint density at radius 3 is 2.46 bits per heavy atom. The number of aromatic amines is 1. The lowest BCUT2D eigenvalue weighted by Crippen LogP contribution is -2.21. The number of sulfonamides is 1. The first-order chi connectivity index (χ1) is 18.8. The van der Waals surface area contributed by atoms with Crippen LogP contribution in [0.2, 0.25) is 0 Å². The van der Waals surface area contributed by atoms with E-state index in [1.165, 1.54) is 30.5 Å². The van der Waals surface area contributed by atoms with Crippen LogP contribution in [0.15, 0.2) is 90.0 Å². The molecule has 0 saturated carbocycles. The van der Waals surface area contributed by atoms with Crippen molar-refractivity contribution in [3.63, 3.8) is 0 Å². The van der Waals surface area contributed by atoms with Gasteiger partial charge in [-0.1, -0.05) is 30.3 Å². The van der Waals surface area contributed by atoms with Gasteiger partial charge in [0.05, 0.1) is 21.5 Å². The summed E-state index contributed by atoms with van der Waals surface area (Å²) >= 11 is 0. The number of carbonyl (C=O) groups is 2. The topological polar surface area (TPSA) is 156 Å².